The second kappa shape index (κ2) is 5.96. The first-order chi connectivity index (χ1) is 6.79. The number of hydrogen-bond acceptors (Lipinski definition) is 3. The number of allylic oxidation sites excluding steroid dienone is 3. The van der Waals surface area contributed by atoms with E-state index in [0.29, 0.717) is 12.3 Å². The summed E-state index contributed by atoms with van der Waals surface area (Å²) in [6.45, 7) is 0. The number of hydrazone groups is 1. The molecule has 1 saturated carbocycles. The molecule has 2 N–H and O–H groups in total. The van der Waals surface area contributed by atoms with Crippen molar-refractivity contribution in [1.82, 2.24) is 5.43 Å². The number of hydrogen-bond donors (Lipinski definition) is 2. The smallest absolute Gasteiger partial charge is 0.303 e. The van der Waals surface area contributed by atoms with Gasteiger partial charge in [-0.15, -0.1) is 0 Å². The molecule has 76 valence electrons. The van der Waals surface area contributed by atoms with Gasteiger partial charge in [0.05, 0.1) is 0 Å². The largest absolute Gasteiger partial charge is 0.481 e. The second-order valence-electron chi connectivity index (χ2n) is 3.19. The molecule has 1 fully saturated rings. The summed E-state index contributed by atoms with van der Waals surface area (Å²) in [5.41, 5.74) is 2.67. The Bertz CT molecular complexity index is 251. The lowest BCUT2D eigenvalue weighted by atomic mass is 10.3. The van der Waals surface area contributed by atoms with Crippen LogP contribution in [-0.2, 0) is 4.79 Å². The zero-order valence-electron chi connectivity index (χ0n) is 7.89. The summed E-state index contributed by atoms with van der Waals surface area (Å²) in [7, 11) is 0. The molecule has 0 bridgehead atoms. The zero-order chi connectivity index (χ0) is 10.2. The maximum absolute atomic E-state index is 9.85. The molecule has 1 aliphatic carbocycles. The molecular weight excluding hydrogens is 180 g/mol. The van der Waals surface area contributed by atoms with Crippen LogP contribution < -0.4 is 5.43 Å². The highest BCUT2D eigenvalue weighted by atomic mass is 16.4. The minimum Gasteiger partial charge on any atom is -0.481 e. The molecule has 0 aromatic carbocycles. The molecule has 0 aromatic heterocycles. The number of rotatable bonds is 2. The molecule has 2 aliphatic rings. The Kier molecular flexibility index (Phi) is 4.47. The zero-order valence-corrected chi connectivity index (χ0v) is 7.89. The lowest BCUT2D eigenvalue weighted by molar-refractivity contribution is -0.137. The number of aliphatic carboxylic acids is 1. The van der Waals surface area contributed by atoms with Gasteiger partial charge in [-0.05, 0) is 30.9 Å². The van der Waals surface area contributed by atoms with Gasteiger partial charge in [0.1, 0.15) is 0 Å². The van der Waals surface area contributed by atoms with Crippen molar-refractivity contribution in [2.24, 2.45) is 11.0 Å². The van der Waals surface area contributed by atoms with Crippen molar-refractivity contribution in [2.45, 2.75) is 19.3 Å². The summed E-state index contributed by atoms with van der Waals surface area (Å²) in [6, 6.07) is 0. The normalized spacial score (nSPS) is 17.7. The topological polar surface area (TPSA) is 61.7 Å². The van der Waals surface area contributed by atoms with Crippen LogP contribution in [0.2, 0.25) is 0 Å². The van der Waals surface area contributed by atoms with Gasteiger partial charge in [-0.1, -0.05) is 6.08 Å². The van der Waals surface area contributed by atoms with E-state index < -0.39 is 5.97 Å². The van der Waals surface area contributed by atoms with E-state index in [0.717, 1.165) is 12.8 Å². The summed E-state index contributed by atoms with van der Waals surface area (Å²) in [5, 5.41) is 11.8. The van der Waals surface area contributed by atoms with Gasteiger partial charge in [0.15, 0.2) is 0 Å². The van der Waals surface area contributed by atoms with Gasteiger partial charge in [-0.25, -0.2) is 0 Å². The fraction of sp³-hybridized carbons (Fsp3) is 0.400. The van der Waals surface area contributed by atoms with E-state index >= 15 is 0 Å². The molecule has 0 amide bonds. The first-order valence-electron chi connectivity index (χ1n) is 4.61. The fourth-order valence-corrected chi connectivity index (χ4v) is 0.910. The summed E-state index contributed by atoms with van der Waals surface area (Å²) in [4.78, 5) is 9.85. The first kappa shape index (κ1) is 10.5. The van der Waals surface area contributed by atoms with Crippen LogP contribution in [0.4, 0.5) is 0 Å². The lowest BCUT2D eigenvalue weighted by Gasteiger charge is -1.82. The Balaban J connectivity index is 0.000000140. The average molecular weight is 194 g/mol. The SMILES string of the molecule is C1=CC=NNC=C1.O=C(O)CC1CC1. The Labute approximate surface area is 83.0 Å². The lowest BCUT2D eigenvalue weighted by Crippen LogP contribution is -1.93. The van der Waals surface area contributed by atoms with E-state index in [1.54, 1.807) is 12.4 Å². The third-order valence-electron chi connectivity index (χ3n) is 1.79. The van der Waals surface area contributed by atoms with Gasteiger partial charge < -0.3 is 5.11 Å². The highest BCUT2D eigenvalue weighted by Crippen LogP contribution is 2.31. The van der Waals surface area contributed by atoms with E-state index in [2.05, 4.69) is 10.5 Å². The highest BCUT2D eigenvalue weighted by molar-refractivity contribution is 5.71. The van der Waals surface area contributed by atoms with E-state index in [1.807, 2.05) is 18.2 Å². The van der Waals surface area contributed by atoms with Crippen LogP contribution in [0.25, 0.3) is 0 Å². The van der Waals surface area contributed by atoms with Gasteiger partial charge in [0.2, 0.25) is 0 Å². The Morgan fingerprint density at radius 2 is 2.21 bits per heavy atom. The van der Waals surface area contributed by atoms with Gasteiger partial charge in [-0.3, -0.25) is 10.2 Å². The van der Waals surface area contributed by atoms with Gasteiger partial charge in [0, 0.05) is 18.8 Å². The molecule has 0 unspecified atom stereocenters. The van der Waals surface area contributed by atoms with E-state index in [4.69, 9.17) is 5.11 Å². The van der Waals surface area contributed by atoms with Crippen LogP contribution in [0.1, 0.15) is 19.3 Å². The van der Waals surface area contributed by atoms with Crippen LogP contribution in [0.5, 0.6) is 0 Å². The molecule has 0 aromatic rings. The molecule has 0 saturated heterocycles. The van der Waals surface area contributed by atoms with Crippen molar-refractivity contribution in [3.8, 4) is 0 Å². The molecule has 4 heteroatoms. The monoisotopic (exact) mass is 194 g/mol. The third-order valence-corrected chi connectivity index (χ3v) is 1.79. The predicted octanol–water partition coefficient (Wildman–Crippen LogP) is 1.52. The molecule has 1 aliphatic heterocycles. The number of carboxylic acid groups (broad SMARTS) is 1. The van der Waals surface area contributed by atoms with Gasteiger partial charge in [-0.2, -0.15) is 5.10 Å². The molecule has 0 atom stereocenters. The van der Waals surface area contributed by atoms with Crippen molar-refractivity contribution < 1.29 is 9.90 Å². The summed E-state index contributed by atoms with van der Waals surface area (Å²) >= 11 is 0. The summed E-state index contributed by atoms with van der Waals surface area (Å²) < 4.78 is 0. The van der Waals surface area contributed by atoms with Crippen LogP contribution in [0.3, 0.4) is 0 Å². The molecule has 2 rings (SSSR count). The molecule has 14 heavy (non-hydrogen) atoms. The average Bonchev–Trinajstić information content (AvgIpc) is 2.89. The van der Waals surface area contributed by atoms with Gasteiger partial charge >= 0.3 is 5.97 Å². The maximum atomic E-state index is 9.85. The van der Waals surface area contributed by atoms with E-state index in [-0.39, 0.29) is 0 Å². The predicted molar refractivity (Wildman–Crippen MR) is 54.9 cm³/mol. The van der Waals surface area contributed by atoms with Crippen molar-refractivity contribution >= 4 is 12.2 Å². The van der Waals surface area contributed by atoms with E-state index in [9.17, 15) is 4.79 Å². The van der Waals surface area contributed by atoms with Crippen LogP contribution in [-0.4, -0.2) is 17.3 Å². The maximum Gasteiger partial charge on any atom is 0.303 e. The highest BCUT2D eigenvalue weighted by Gasteiger charge is 2.23. The van der Waals surface area contributed by atoms with Crippen molar-refractivity contribution in [2.75, 3.05) is 0 Å². The number of nitrogens with one attached hydrogen (secondary N) is 1. The van der Waals surface area contributed by atoms with Crippen LogP contribution >= 0.6 is 0 Å². The minimum atomic E-state index is -0.650. The minimum absolute atomic E-state index is 0.389. The molecule has 1 heterocycles. The Hall–Kier alpha value is -1.58. The second-order valence-corrected chi connectivity index (χ2v) is 3.19. The van der Waals surface area contributed by atoms with Gasteiger partial charge in [0.25, 0.3) is 0 Å². The standard InChI is InChI=1S/C5H6N2.C5H8O2/c1-2-4-6-7-5-3-1;6-5(7)3-4-1-2-4/h1-6H;4H,1-3H2,(H,6,7). The molecule has 0 radical (unpaired) electrons. The summed E-state index contributed by atoms with van der Waals surface area (Å²) in [5.74, 6) is -0.125. The molecule has 0 spiro atoms. The molecule has 4 nitrogen and oxygen atoms in total. The number of carbonyl (C=O) groups is 1. The van der Waals surface area contributed by atoms with Crippen molar-refractivity contribution in [1.29, 1.82) is 0 Å². The number of nitrogens with zero attached hydrogens (tertiary/aromatic N) is 1. The Morgan fingerprint density at radius 1 is 1.43 bits per heavy atom. The van der Waals surface area contributed by atoms with Crippen LogP contribution in [0, 0.1) is 5.92 Å². The summed E-state index contributed by atoms with van der Waals surface area (Å²) in [6.07, 6.45) is 11.8. The fourth-order valence-electron chi connectivity index (χ4n) is 0.910. The molecular formula is C10H14N2O2. The quantitative estimate of drug-likeness (QED) is 0.700. The van der Waals surface area contributed by atoms with Crippen molar-refractivity contribution in [3.63, 3.8) is 0 Å². The third kappa shape index (κ3) is 5.99. The van der Waals surface area contributed by atoms with E-state index in [1.165, 1.54) is 0 Å². The van der Waals surface area contributed by atoms with Crippen molar-refractivity contribution in [3.05, 3.63) is 24.4 Å². The van der Waals surface area contributed by atoms with Crippen LogP contribution in [0.15, 0.2) is 29.5 Å². The Morgan fingerprint density at radius 3 is 2.79 bits per heavy atom. The first-order valence-corrected chi connectivity index (χ1v) is 4.61. The number of carboxylic acids is 1.